The Hall–Kier alpha value is -1.26. The maximum atomic E-state index is 11.8. The minimum Gasteiger partial charge on any atom is -0.352 e. The van der Waals surface area contributed by atoms with Crippen LogP contribution in [0.1, 0.15) is 45.4 Å². The molecule has 0 unspecified atom stereocenters. The first-order valence-electron chi connectivity index (χ1n) is 6.52. The van der Waals surface area contributed by atoms with Crippen LogP contribution in [0.3, 0.4) is 0 Å². The zero-order chi connectivity index (χ0) is 12.3. The highest BCUT2D eigenvalue weighted by atomic mass is 16.2. The minimum atomic E-state index is -0.464. The van der Waals surface area contributed by atoms with Crippen LogP contribution < -0.4 is 16.0 Å². The van der Waals surface area contributed by atoms with Crippen molar-refractivity contribution >= 4 is 11.9 Å². The largest absolute Gasteiger partial charge is 0.352 e. The van der Waals surface area contributed by atoms with Crippen LogP contribution in [0.15, 0.2) is 0 Å². The lowest BCUT2D eigenvalue weighted by Crippen LogP contribution is -2.50. The fourth-order valence-electron chi connectivity index (χ4n) is 2.11. The van der Waals surface area contributed by atoms with Crippen molar-refractivity contribution in [2.24, 2.45) is 0 Å². The summed E-state index contributed by atoms with van der Waals surface area (Å²) in [5, 5.41) is 8.44. The van der Waals surface area contributed by atoms with Gasteiger partial charge in [-0.05, 0) is 32.6 Å². The van der Waals surface area contributed by atoms with E-state index in [2.05, 4.69) is 16.0 Å². The van der Waals surface area contributed by atoms with E-state index in [9.17, 15) is 9.59 Å². The van der Waals surface area contributed by atoms with Crippen LogP contribution in [0.5, 0.6) is 0 Å². The van der Waals surface area contributed by atoms with Crippen molar-refractivity contribution in [1.82, 2.24) is 16.0 Å². The lowest BCUT2D eigenvalue weighted by molar-refractivity contribution is -0.123. The second kappa shape index (κ2) is 5.38. The van der Waals surface area contributed by atoms with Crippen molar-refractivity contribution in [3.8, 4) is 0 Å². The molecule has 0 bridgehead atoms. The molecule has 17 heavy (non-hydrogen) atoms. The summed E-state index contributed by atoms with van der Waals surface area (Å²) in [7, 11) is 0. The molecule has 0 aromatic carbocycles. The molecule has 0 saturated heterocycles. The molecule has 0 aromatic rings. The first-order chi connectivity index (χ1) is 8.15. The number of carbonyl (C=O) groups excluding carboxylic acids is 2. The third-order valence-electron chi connectivity index (χ3n) is 3.36. The van der Waals surface area contributed by atoms with E-state index in [1.54, 1.807) is 6.92 Å². The van der Waals surface area contributed by atoms with Gasteiger partial charge >= 0.3 is 6.03 Å². The number of rotatable bonds is 4. The SMILES string of the molecule is C[C@H](NC(=O)NC1CC1)C(=O)NC1CCCC1. The lowest BCUT2D eigenvalue weighted by atomic mass is 10.2. The van der Waals surface area contributed by atoms with Crippen LogP contribution >= 0.6 is 0 Å². The predicted octanol–water partition coefficient (Wildman–Crippen LogP) is 0.895. The molecule has 0 aliphatic heterocycles. The standard InChI is InChI=1S/C12H21N3O2/c1-8(13-12(17)15-10-6-7-10)11(16)14-9-4-2-3-5-9/h8-10H,2-7H2,1H3,(H,14,16)(H2,13,15,17)/t8-/m0/s1. The van der Waals surface area contributed by atoms with E-state index in [-0.39, 0.29) is 11.9 Å². The molecule has 0 radical (unpaired) electrons. The van der Waals surface area contributed by atoms with Crippen molar-refractivity contribution in [1.29, 1.82) is 0 Å². The fraction of sp³-hybridized carbons (Fsp3) is 0.833. The van der Waals surface area contributed by atoms with Gasteiger partial charge in [0.2, 0.25) is 5.91 Å². The summed E-state index contributed by atoms with van der Waals surface area (Å²) >= 11 is 0. The molecule has 2 rings (SSSR count). The summed E-state index contributed by atoms with van der Waals surface area (Å²) in [6.07, 6.45) is 6.61. The van der Waals surface area contributed by atoms with E-state index in [4.69, 9.17) is 0 Å². The normalized spacial score (nSPS) is 21.9. The number of hydrogen-bond donors (Lipinski definition) is 3. The Morgan fingerprint density at radius 2 is 1.59 bits per heavy atom. The zero-order valence-electron chi connectivity index (χ0n) is 10.3. The van der Waals surface area contributed by atoms with Crippen molar-refractivity contribution < 1.29 is 9.59 Å². The van der Waals surface area contributed by atoms with Crippen molar-refractivity contribution in [2.45, 2.75) is 63.6 Å². The van der Waals surface area contributed by atoms with Gasteiger partial charge in [-0.15, -0.1) is 0 Å². The molecular weight excluding hydrogens is 218 g/mol. The molecule has 3 amide bonds. The third-order valence-corrected chi connectivity index (χ3v) is 3.36. The molecule has 2 fully saturated rings. The highest BCUT2D eigenvalue weighted by Crippen LogP contribution is 2.18. The minimum absolute atomic E-state index is 0.0807. The van der Waals surface area contributed by atoms with E-state index < -0.39 is 6.04 Å². The highest BCUT2D eigenvalue weighted by molar-refractivity contribution is 5.86. The monoisotopic (exact) mass is 239 g/mol. The van der Waals surface area contributed by atoms with Gasteiger partial charge in [-0.3, -0.25) is 4.79 Å². The van der Waals surface area contributed by atoms with E-state index in [0.717, 1.165) is 25.7 Å². The first kappa shape index (κ1) is 12.2. The van der Waals surface area contributed by atoms with Crippen molar-refractivity contribution in [3.63, 3.8) is 0 Å². The average Bonchev–Trinajstić information content (AvgIpc) is 2.93. The summed E-state index contributed by atoms with van der Waals surface area (Å²) in [4.78, 5) is 23.2. The number of carbonyl (C=O) groups is 2. The molecule has 0 spiro atoms. The smallest absolute Gasteiger partial charge is 0.315 e. The molecule has 2 saturated carbocycles. The Kier molecular flexibility index (Phi) is 3.86. The number of hydrogen-bond acceptors (Lipinski definition) is 2. The summed E-state index contributed by atoms with van der Waals surface area (Å²) in [5.74, 6) is -0.0807. The number of urea groups is 1. The number of amides is 3. The topological polar surface area (TPSA) is 70.2 Å². The molecule has 2 aliphatic rings. The van der Waals surface area contributed by atoms with E-state index >= 15 is 0 Å². The molecule has 1 atom stereocenters. The van der Waals surface area contributed by atoms with Crippen LogP contribution in [0.4, 0.5) is 4.79 Å². The van der Waals surface area contributed by atoms with Crippen LogP contribution in [0.2, 0.25) is 0 Å². The molecule has 5 heteroatoms. The van der Waals surface area contributed by atoms with Gasteiger partial charge in [-0.2, -0.15) is 0 Å². The van der Waals surface area contributed by atoms with Crippen LogP contribution in [-0.2, 0) is 4.79 Å². The van der Waals surface area contributed by atoms with Crippen LogP contribution in [-0.4, -0.2) is 30.1 Å². The Morgan fingerprint density at radius 1 is 1.00 bits per heavy atom. The Balaban J connectivity index is 1.67. The second-order valence-electron chi connectivity index (χ2n) is 5.10. The quantitative estimate of drug-likeness (QED) is 0.682. The lowest BCUT2D eigenvalue weighted by Gasteiger charge is -2.17. The van der Waals surface area contributed by atoms with E-state index in [0.29, 0.717) is 12.1 Å². The van der Waals surface area contributed by atoms with Gasteiger partial charge < -0.3 is 16.0 Å². The maximum absolute atomic E-state index is 11.8. The Morgan fingerprint density at radius 3 is 2.18 bits per heavy atom. The number of nitrogens with one attached hydrogen (secondary N) is 3. The molecule has 0 aromatic heterocycles. The van der Waals surface area contributed by atoms with Crippen LogP contribution in [0, 0.1) is 0 Å². The summed E-state index contributed by atoms with van der Waals surface area (Å²) < 4.78 is 0. The van der Waals surface area contributed by atoms with Gasteiger partial charge in [0.1, 0.15) is 6.04 Å². The summed E-state index contributed by atoms with van der Waals surface area (Å²) in [6.45, 7) is 1.72. The highest BCUT2D eigenvalue weighted by Gasteiger charge is 2.25. The van der Waals surface area contributed by atoms with Gasteiger partial charge in [0, 0.05) is 12.1 Å². The van der Waals surface area contributed by atoms with Gasteiger partial charge in [-0.25, -0.2) is 4.79 Å². The molecule has 5 nitrogen and oxygen atoms in total. The second-order valence-corrected chi connectivity index (χ2v) is 5.10. The molecule has 0 heterocycles. The van der Waals surface area contributed by atoms with E-state index in [1.165, 1.54) is 12.8 Å². The average molecular weight is 239 g/mol. The molecule has 3 N–H and O–H groups in total. The van der Waals surface area contributed by atoms with Crippen LogP contribution in [0.25, 0.3) is 0 Å². The van der Waals surface area contributed by atoms with Crippen molar-refractivity contribution in [3.05, 3.63) is 0 Å². The Bertz CT molecular complexity index is 296. The molecular formula is C12H21N3O2. The molecule has 2 aliphatic carbocycles. The summed E-state index contributed by atoms with van der Waals surface area (Å²) in [5.41, 5.74) is 0. The van der Waals surface area contributed by atoms with E-state index in [1.807, 2.05) is 0 Å². The Labute approximate surface area is 102 Å². The fourth-order valence-corrected chi connectivity index (χ4v) is 2.11. The predicted molar refractivity (Wildman–Crippen MR) is 64.6 cm³/mol. The van der Waals surface area contributed by atoms with Gasteiger partial charge in [-0.1, -0.05) is 12.8 Å². The van der Waals surface area contributed by atoms with Gasteiger partial charge in [0.05, 0.1) is 0 Å². The van der Waals surface area contributed by atoms with Gasteiger partial charge in [0.25, 0.3) is 0 Å². The maximum Gasteiger partial charge on any atom is 0.315 e. The van der Waals surface area contributed by atoms with Crippen molar-refractivity contribution in [2.75, 3.05) is 0 Å². The first-order valence-corrected chi connectivity index (χ1v) is 6.52. The zero-order valence-corrected chi connectivity index (χ0v) is 10.3. The van der Waals surface area contributed by atoms with Gasteiger partial charge in [0.15, 0.2) is 0 Å². The summed E-state index contributed by atoms with van der Waals surface area (Å²) in [6, 6.07) is -0.0748. The third kappa shape index (κ3) is 3.91. The molecule has 96 valence electrons.